The van der Waals surface area contributed by atoms with Crippen molar-refractivity contribution in [2.75, 3.05) is 22.9 Å². The summed E-state index contributed by atoms with van der Waals surface area (Å²) in [4.78, 5) is -1.98. The van der Waals surface area contributed by atoms with Crippen LogP contribution < -0.4 is 34.4 Å². The predicted octanol–water partition coefficient (Wildman–Crippen LogP) is 4.30. The summed E-state index contributed by atoms with van der Waals surface area (Å²) in [6, 6.07) is 30.6. The molecule has 0 radical (unpaired) electrons. The molecule has 0 bridgehead atoms. The lowest BCUT2D eigenvalue weighted by Crippen LogP contribution is -2.37. The van der Waals surface area contributed by atoms with Gasteiger partial charge in [-0.15, -0.1) is 0 Å². The second-order valence-electron chi connectivity index (χ2n) is 8.81. The molecular formula is C28H28N6S. The lowest BCUT2D eigenvalue weighted by atomic mass is 9.82. The quantitative estimate of drug-likeness (QED) is 0.238. The molecule has 7 heteroatoms. The van der Waals surface area contributed by atoms with Crippen molar-refractivity contribution in [1.29, 1.82) is 0 Å². The summed E-state index contributed by atoms with van der Waals surface area (Å²) in [7, 11) is 0. The average molecular weight is 481 g/mol. The molecule has 1 aliphatic rings. The molecule has 1 heterocycles. The first-order valence-corrected chi connectivity index (χ1v) is 12.0. The topological polar surface area (TPSA) is 156 Å². The van der Waals surface area contributed by atoms with Crippen molar-refractivity contribution in [3.05, 3.63) is 119 Å². The van der Waals surface area contributed by atoms with E-state index in [-0.39, 0.29) is 0 Å². The van der Waals surface area contributed by atoms with E-state index in [1.165, 1.54) is 11.8 Å². The van der Waals surface area contributed by atoms with Crippen LogP contribution in [0, 0.1) is 0 Å². The van der Waals surface area contributed by atoms with E-state index in [2.05, 4.69) is 0 Å². The number of nitrogen functional groups attached to an aromatic ring is 4. The van der Waals surface area contributed by atoms with Crippen molar-refractivity contribution in [2.24, 2.45) is 11.5 Å². The fourth-order valence-corrected chi connectivity index (χ4v) is 6.27. The summed E-state index contributed by atoms with van der Waals surface area (Å²) in [5, 5.41) is 0. The average Bonchev–Trinajstić information content (AvgIpc) is 3.09. The molecule has 0 saturated heterocycles. The van der Waals surface area contributed by atoms with Crippen molar-refractivity contribution in [1.82, 2.24) is 0 Å². The van der Waals surface area contributed by atoms with Gasteiger partial charge in [-0.2, -0.15) is 0 Å². The Labute approximate surface area is 209 Å². The second kappa shape index (κ2) is 8.39. The van der Waals surface area contributed by atoms with E-state index in [4.69, 9.17) is 34.4 Å². The van der Waals surface area contributed by atoms with Gasteiger partial charge in [0.2, 0.25) is 0 Å². The molecular weight excluding hydrogens is 452 g/mol. The van der Waals surface area contributed by atoms with Gasteiger partial charge in [-0.05, 0) is 70.8 Å². The zero-order valence-corrected chi connectivity index (χ0v) is 19.9. The van der Waals surface area contributed by atoms with Crippen LogP contribution in [0.5, 0.6) is 0 Å². The number of benzene rings is 4. The normalized spacial score (nSPS) is 21.9. The molecule has 1 aliphatic heterocycles. The summed E-state index contributed by atoms with van der Waals surface area (Å²) >= 11 is 1.48. The Morgan fingerprint density at radius 2 is 0.657 bits per heavy atom. The van der Waals surface area contributed by atoms with E-state index in [0.717, 1.165) is 33.4 Å². The molecule has 0 aliphatic carbocycles. The summed E-state index contributed by atoms with van der Waals surface area (Å²) in [5.41, 5.74) is 46.8. The lowest BCUT2D eigenvalue weighted by molar-refractivity contribution is 0.830. The molecule has 0 spiro atoms. The van der Waals surface area contributed by atoms with Crippen molar-refractivity contribution >= 4 is 45.7 Å². The van der Waals surface area contributed by atoms with Gasteiger partial charge in [-0.3, -0.25) is 0 Å². The highest BCUT2D eigenvalue weighted by Crippen LogP contribution is 2.64. The van der Waals surface area contributed by atoms with Crippen LogP contribution in [0.25, 0.3) is 11.1 Å². The minimum absolute atomic E-state index is 0.662. The third-order valence-electron chi connectivity index (χ3n) is 6.39. The van der Waals surface area contributed by atoms with Crippen LogP contribution in [0.3, 0.4) is 0 Å². The van der Waals surface area contributed by atoms with Crippen LogP contribution in [0.1, 0.15) is 22.3 Å². The van der Waals surface area contributed by atoms with Crippen molar-refractivity contribution in [3.8, 4) is 0 Å². The van der Waals surface area contributed by atoms with Crippen molar-refractivity contribution in [3.63, 3.8) is 0 Å². The number of nitrogens with two attached hydrogens (primary N) is 6. The third-order valence-corrected chi connectivity index (χ3v) is 7.92. The van der Waals surface area contributed by atoms with E-state index >= 15 is 0 Å². The highest BCUT2D eigenvalue weighted by Gasteiger charge is 2.53. The molecule has 6 nitrogen and oxygen atoms in total. The largest absolute Gasteiger partial charge is 0.399 e. The molecule has 176 valence electrons. The van der Waals surface area contributed by atoms with Gasteiger partial charge in [0.05, 0.1) is 0 Å². The van der Waals surface area contributed by atoms with Crippen LogP contribution in [-0.4, -0.2) is 0 Å². The van der Waals surface area contributed by atoms with Gasteiger partial charge in [0.1, 0.15) is 9.74 Å². The minimum Gasteiger partial charge on any atom is -0.399 e. The minimum atomic E-state index is -0.989. The summed E-state index contributed by atoms with van der Waals surface area (Å²) in [5.74, 6) is 0. The zero-order valence-electron chi connectivity index (χ0n) is 19.1. The third kappa shape index (κ3) is 3.89. The van der Waals surface area contributed by atoms with Crippen LogP contribution in [0.2, 0.25) is 0 Å². The monoisotopic (exact) mass is 480 g/mol. The maximum atomic E-state index is 7.35. The molecule has 5 rings (SSSR count). The van der Waals surface area contributed by atoms with Gasteiger partial charge in [0.15, 0.2) is 0 Å². The summed E-state index contributed by atoms with van der Waals surface area (Å²) in [6.45, 7) is 0. The maximum absolute atomic E-state index is 7.35. The fourth-order valence-electron chi connectivity index (χ4n) is 4.61. The smallest absolute Gasteiger partial charge is 0.117 e. The summed E-state index contributed by atoms with van der Waals surface area (Å²) in [6.07, 6.45) is 0. The first-order chi connectivity index (χ1) is 16.7. The highest BCUT2D eigenvalue weighted by atomic mass is 32.2. The first kappa shape index (κ1) is 22.9. The number of thioether (sulfide) groups is 1. The Morgan fingerprint density at radius 3 is 0.943 bits per heavy atom. The van der Waals surface area contributed by atoms with Crippen LogP contribution in [0.15, 0.2) is 97.1 Å². The van der Waals surface area contributed by atoms with E-state index in [1.54, 1.807) is 0 Å². The zero-order chi connectivity index (χ0) is 24.8. The number of anilines is 4. The number of hydrogen-bond donors (Lipinski definition) is 6. The number of rotatable bonds is 4. The Morgan fingerprint density at radius 1 is 0.400 bits per heavy atom. The molecule has 35 heavy (non-hydrogen) atoms. The molecule has 4 aromatic carbocycles. The van der Waals surface area contributed by atoms with E-state index in [1.807, 2.05) is 97.1 Å². The molecule has 0 amide bonds. The SMILES string of the molecule is Nc1ccc(C2=C(c3ccc(N)cc3)C(N)(c3ccc(N)cc3)SC2(N)c2ccc(N)cc2)cc1. The highest BCUT2D eigenvalue weighted by molar-refractivity contribution is 8.02. The van der Waals surface area contributed by atoms with E-state index < -0.39 is 9.74 Å². The molecule has 4 aromatic rings. The standard InChI is InChI=1S/C28H28N6S/c29-21-9-1-17(2-10-21)25-26(18-3-11-22(30)12-4-18)28(34,20-7-15-24(32)16-8-20)35-27(25,33)19-5-13-23(31)14-6-19/h1-16H,29-34H2. The first-order valence-electron chi connectivity index (χ1n) is 11.2. The van der Waals surface area contributed by atoms with Gasteiger partial charge >= 0.3 is 0 Å². The van der Waals surface area contributed by atoms with Crippen LogP contribution in [-0.2, 0) is 9.74 Å². The Kier molecular flexibility index (Phi) is 5.48. The fraction of sp³-hybridized carbons (Fsp3) is 0.0714. The van der Waals surface area contributed by atoms with E-state index in [0.29, 0.717) is 22.7 Å². The van der Waals surface area contributed by atoms with Gasteiger partial charge in [-0.25, -0.2) is 0 Å². The van der Waals surface area contributed by atoms with Crippen LogP contribution >= 0.6 is 11.8 Å². The van der Waals surface area contributed by atoms with Gasteiger partial charge in [-0.1, -0.05) is 60.3 Å². The molecule has 2 unspecified atom stereocenters. The lowest BCUT2D eigenvalue weighted by Gasteiger charge is -2.32. The Balaban J connectivity index is 1.87. The van der Waals surface area contributed by atoms with Crippen molar-refractivity contribution in [2.45, 2.75) is 9.74 Å². The molecule has 0 aromatic heterocycles. The molecule has 2 atom stereocenters. The van der Waals surface area contributed by atoms with E-state index in [9.17, 15) is 0 Å². The van der Waals surface area contributed by atoms with Gasteiger partial charge < -0.3 is 34.4 Å². The molecule has 12 N–H and O–H groups in total. The Hall–Kier alpha value is -3.91. The summed E-state index contributed by atoms with van der Waals surface area (Å²) < 4.78 is 0. The van der Waals surface area contributed by atoms with Crippen LogP contribution in [0.4, 0.5) is 22.7 Å². The van der Waals surface area contributed by atoms with Gasteiger partial charge in [0.25, 0.3) is 0 Å². The van der Waals surface area contributed by atoms with Crippen molar-refractivity contribution < 1.29 is 0 Å². The maximum Gasteiger partial charge on any atom is 0.117 e. The molecule has 0 fully saturated rings. The Bertz CT molecular complexity index is 1290. The number of hydrogen-bond acceptors (Lipinski definition) is 7. The second-order valence-corrected chi connectivity index (χ2v) is 10.3. The van der Waals surface area contributed by atoms with Gasteiger partial charge in [0, 0.05) is 33.9 Å². The predicted molar refractivity (Wildman–Crippen MR) is 150 cm³/mol. The molecule has 0 saturated carbocycles.